The number of amides is 1. The van der Waals surface area contributed by atoms with Gasteiger partial charge in [0, 0.05) is 11.6 Å². The predicted octanol–water partition coefficient (Wildman–Crippen LogP) is 2.42. The molecule has 7 heteroatoms. The standard InChI is InChI=1S/C19H24N2O5/c1-13(12-26-19(24)21-8-9-22)4-3-5-15-10-16-14(11-17(15)25-2)6-7-20-18(16)23/h6-7,9-11,13H,3-5,8,12H2,1-2H3,(H,20,23)(H,21,24)/t13-/m1/s1. The van der Waals surface area contributed by atoms with E-state index < -0.39 is 6.09 Å². The van der Waals surface area contributed by atoms with Crippen molar-refractivity contribution in [1.82, 2.24) is 10.3 Å². The topological polar surface area (TPSA) is 97.5 Å². The molecule has 2 rings (SSSR count). The number of carbonyl (C=O) groups is 2. The summed E-state index contributed by atoms with van der Waals surface area (Å²) in [6, 6.07) is 5.60. The molecule has 7 nitrogen and oxygen atoms in total. The molecule has 1 aromatic heterocycles. The summed E-state index contributed by atoms with van der Waals surface area (Å²) in [6.45, 7) is 2.24. The van der Waals surface area contributed by atoms with Gasteiger partial charge in [0.25, 0.3) is 5.56 Å². The van der Waals surface area contributed by atoms with Crippen molar-refractivity contribution in [2.45, 2.75) is 26.2 Å². The Morgan fingerprint density at radius 3 is 2.92 bits per heavy atom. The molecular weight excluding hydrogens is 336 g/mol. The van der Waals surface area contributed by atoms with Crippen LogP contribution in [0.1, 0.15) is 25.3 Å². The van der Waals surface area contributed by atoms with E-state index in [4.69, 9.17) is 9.47 Å². The normalized spacial score (nSPS) is 11.8. The lowest BCUT2D eigenvalue weighted by atomic mass is 9.99. The van der Waals surface area contributed by atoms with Crippen molar-refractivity contribution in [3.05, 3.63) is 40.3 Å². The summed E-state index contributed by atoms with van der Waals surface area (Å²) in [7, 11) is 1.62. The largest absolute Gasteiger partial charge is 0.496 e. The Hall–Kier alpha value is -2.83. The van der Waals surface area contributed by atoms with Gasteiger partial charge in [0.1, 0.15) is 12.0 Å². The summed E-state index contributed by atoms with van der Waals surface area (Å²) in [5, 5.41) is 3.82. The Balaban J connectivity index is 1.90. The second-order valence-corrected chi connectivity index (χ2v) is 6.20. The average Bonchev–Trinajstić information content (AvgIpc) is 2.64. The molecule has 0 fully saturated rings. The van der Waals surface area contributed by atoms with Crippen LogP contribution in [0.25, 0.3) is 10.8 Å². The second-order valence-electron chi connectivity index (χ2n) is 6.20. The van der Waals surface area contributed by atoms with Crippen molar-refractivity contribution in [2.24, 2.45) is 5.92 Å². The molecule has 0 radical (unpaired) electrons. The van der Waals surface area contributed by atoms with E-state index in [1.807, 2.05) is 25.1 Å². The fourth-order valence-corrected chi connectivity index (χ4v) is 2.76. The molecule has 1 amide bonds. The van der Waals surface area contributed by atoms with Gasteiger partial charge in [-0.15, -0.1) is 0 Å². The number of fused-ring (bicyclic) bond motifs is 1. The number of alkyl carbamates (subject to hydrolysis) is 1. The third kappa shape index (κ3) is 5.34. The summed E-state index contributed by atoms with van der Waals surface area (Å²) < 4.78 is 10.5. The summed E-state index contributed by atoms with van der Waals surface area (Å²) in [6.07, 6.45) is 4.12. The highest BCUT2D eigenvalue weighted by molar-refractivity contribution is 5.84. The predicted molar refractivity (Wildman–Crippen MR) is 98.6 cm³/mol. The van der Waals surface area contributed by atoms with Gasteiger partial charge in [0.2, 0.25) is 0 Å². The zero-order chi connectivity index (χ0) is 18.9. The smallest absolute Gasteiger partial charge is 0.407 e. The van der Waals surface area contributed by atoms with Crippen LogP contribution in [-0.4, -0.2) is 37.6 Å². The summed E-state index contributed by atoms with van der Waals surface area (Å²) in [5.41, 5.74) is 0.864. The van der Waals surface area contributed by atoms with Crippen LogP contribution in [0.4, 0.5) is 4.79 Å². The summed E-state index contributed by atoms with van der Waals surface area (Å²) >= 11 is 0. The van der Waals surface area contributed by atoms with Gasteiger partial charge in [0.05, 0.1) is 20.3 Å². The number of rotatable bonds is 9. The third-order valence-corrected chi connectivity index (χ3v) is 4.15. The number of hydrogen-bond acceptors (Lipinski definition) is 5. The highest BCUT2D eigenvalue weighted by atomic mass is 16.5. The van der Waals surface area contributed by atoms with Crippen LogP contribution < -0.4 is 15.6 Å². The number of nitrogens with one attached hydrogen (secondary N) is 2. The van der Waals surface area contributed by atoms with E-state index in [0.29, 0.717) is 18.3 Å². The molecule has 1 heterocycles. The van der Waals surface area contributed by atoms with Gasteiger partial charge in [-0.3, -0.25) is 4.79 Å². The number of aldehydes is 1. The van der Waals surface area contributed by atoms with Crippen LogP contribution in [0, 0.1) is 5.92 Å². The first-order valence-corrected chi connectivity index (χ1v) is 8.57. The SMILES string of the molecule is COc1cc2cc[nH]c(=O)c2cc1CCC[C@@H](C)COC(=O)NCC=O. The van der Waals surface area contributed by atoms with E-state index in [1.165, 1.54) is 0 Å². The Morgan fingerprint density at radius 2 is 2.19 bits per heavy atom. The lowest BCUT2D eigenvalue weighted by Crippen LogP contribution is -2.27. The van der Waals surface area contributed by atoms with Crippen LogP contribution in [0.2, 0.25) is 0 Å². The van der Waals surface area contributed by atoms with E-state index in [1.54, 1.807) is 13.3 Å². The number of hydrogen-bond donors (Lipinski definition) is 2. The Labute approximate surface area is 151 Å². The summed E-state index contributed by atoms with van der Waals surface area (Å²) in [4.78, 5) is 36.1. The van der Waals surface area contributed by atoms with Crippen molar-refractivity contribution >= 4 is 23.2 Å². The maximum atomic E-state index is 12.0. The molecule has 0 saturated carbocycles. The molecule has 0 bridgehead atoms. The van der Waals surface area contributed by atoms with Gasteiger partial charge in [0.15, 0.2) is 0 Å². The highest BCUT2D eigenvalue weighted by Crippen LogP contribution is 2.26. The van der Waals surface area contributed by atoms with Crippen LogP contribution >= 0.6 is 0 Å². The molecule has 0 unspecified atom stereocenters. The van der Waals surface area contributed by atoms with E-state index in [-0.39, 0.29) is 18.0 Å². The molecule has 140 valence electrons. The number of aryl methyl sites for hydroxylation is 1. The molecule has 0 saturated heterocycles. The minimum atomic E-state index is -0.584. The molecule has 0 aliphatic carbocycles. The first-order chi connectivity index (χ1) is 12.5. The van der Waals surface area contributed by atoms with Gasteiger partial charge in [-0.25, -0.2) is 4.79 Å². The maximum Gasteiger partial charge on any atom is 0.407 e. The van der Waals surface area contributed by atoms with Gasteiger partial charge < -0.3 is 24.6 Å². The maximum absolute atomic E-state index is 12.0. The van der Waals surface area contributed by atoms with Crippen LogP contribution in [0.5, 0.6) is 5.75 Å². The van der Waals surface area contributed by atoms with Gasteiger partial charge in [-0.1, -0.05) is 6.92 Å². The van der Waals surface area contributed by atoms with E-state index >= 15 is 0 Å². The molecule has 0 spiro atoms. The number of ether oxygens (including phenoxy) is 2. The van der Waals surface area contributed by atoms with Crippen LogP contribution in [-0.2, 0) is 16.0 Å². The first-order valence-electron chi connectivity index (χ1n) is 8.57. The summed E-state index contributed by atoms with van der Waals surface area (Å²) in [5.74, 6) is 0.951. The average molecular weight is 360 g/mol. The van der Waals surface area contributed by atoms with Crippen molar-refractivity contribution in [3.63, 3.8) is 0 Å². The van der Waals surface area contributed by atoms with Crippen molar-refractivity contribution in [1.29, 1.82) is 0 Å². The fourth-order valence-electron chi connectivity index (χ4n) is 2.76. The molecular formula is C19H24N2O5. The zero-order valence-corrected chi connectivity index (χ0v) is 15.0. The lowest BCUT2D eigenvalue weighted by molar-refractivity contribution is -0.107. The molecule has 26 heavy (non-hydrogen) atoms. The van der Waals surface area contributed by atoms with Crippen molar-refractivity contribution in [2.75, 3.05) is 20.3 Å². The van der Waals surface area contributed by atoms with E-state index in [2.05, 4.69) is 10.3 Å². The number of benzene rings is 1. The molecule has 2 N–H and O–H groups in total. The highest BCUT2D eigenvalue weighted by Gasteiger charge is 2.10. The molecule has 1 aromatic carbocycles. The first kappa shape index (κ1) is 19.5. The minimum absolute atomic E-state index is 0.0475. The van der Waals surface area contributed by atoms with E-state index in [0.717, 1.165) is 36.0 Å². The van der Waals surface area contributed by atoms with Crippen molar-refractivity contribution < 1.29 is 19.1 Å². The molecule has 2 aromatic rings. The van der Waals surface area contributed by atoms with Crippen LogP contribution in [0.3, 0.4) is 0 Å². The molecule has 0 aliphatic heterocycles. The number of methoxy groups -OCH3 is 1. The molecule has 1 atom stereocenters. The quantitative estimate of drug-likeness (QED) is 0.669. The second kappa shape index (κ2) is 9.60. The Bertz CT molecular complexity index is 815. The monoisotopic (exact) mass is 360 g/mol. The third-order valence-electron chi connectivity index (χ3n) is 4.15. The van der Waals surface area contributed by atoms with Gasteiger partial charge in [-0.05, 0) is 54.3 Å². The number of aromatic amines is 1. The van der Waals surface area contributed by atoms with Gasteiger partial charge in [-0.2, -0.15) is 0 Å². The molecule has 0 aliphatic rings. The Morgan fingerprint density at radius 1 is 1.38 bits per heavy atom. The lowest BCUT2D eigenvalue weighted by Gasteiger charge is -2.13. The number of carbonyl (C=O) groups excluding carboxylic acids is 2. The number of pyridine rings is 1. The zero-order valence-electron chi connectivity index (χ0n) is 15.0. The number of H-pyrrole nitrogens is 1. The number of aromatic nitrogens is 1. The fraction of sp³-hybridized carbons (Fsp3) is 0.421. The van der Waals surface area contributed by atoms with Crippen molar-refractivity contribution in [3.8, 4) is 5.75 Å². The Kier molecular flexibility index (Phi) is 7.20. The minimum Gasteiger partial charge on any atom is -0.496 e. The van der Waals surface area contributed by atoms with Crippen LogP contribution in [0.15, 0.2) is 29.2 Å². The van der Waals surface area contributed by atoms with E-state index in [9.17, 15) is 14.4 Å². The van der Waals surface area contributed by atoms with Gasteiger partial charge >= 0.3 is 6.09 Å².